The molecule has 0 amide bonds. The molecule has 2 atom stereocenters. The van der Waals surface area contributed by atoms with Gasteiger partial charge in [0.25, 0.3) is 0 Å². The fraction of sp³-hybridized carbons (Fsp3) is 0.450. The lowest BCUT2D eigenvalue weighted by molar-refractivity contribution is -0.128. The lowest BCUT2D eigenvalue weighted by Crippen LogP contribution is -2.36. The van der Waals surface area contributed by atoms with Crippen LogP contribution in [0.4, 0.5) is 0 Å². The molecule has 0 unspecified atom stereocenters. The molecule has 0 spiro atoms. The smallest absolute Gasteiger partial charge is 0.166 e. The van der Waals surface area contributed by atoms with Gasteiger partial charge in [-0.25, -0.2) is 0 Å². The monoisotopic (exact) mass is 596 g/mol. The maximum absolute atomic E-state index is 13.0. The predicted octanol–water partition coefficient (Wildman–Crippen LogP) is 9.35. The van der Waals surface area contributed by atoms with Crippen LogP contribution in [0.15, 0.2) is 106 Å². The van der Waals surface area contributed by atoms with Crippen LogP contribution in [0.1, 0.15) is 94.9 Å². The molecule has 0 radical (unpaired) electrons. The Morgan fingerprint density at radius 3 is 1.95 bits per heavy atom. The first-order valence-electron chi connectivity index (χ1n) is 15.5. The molecule has 2 aliphatic carbocycles. The second-order valence-electron chi connectivity index (χ2n) is 14.0. The molecule has 0 heterocycles. The van der Waals surface area contributed by atoms with Crippen molar-refractivity contribution in [3.63, 3.8) is 0 Å². The summed E-state index contributed by atoms with van der Waals surface area (Å²) in [6.45, 7) is 19.8. The minimum absolute atomic E-state index is 0.0790. The average Bonchev–Trinajstić information content (AvgIpc) is 3.11. The Morgan fingerprint density at radius 1 is 0.864 bits per heavy atom. The molecule has 0 aromatic carbocycles. The van der Waals surface area contributed by atoms with E-state index in [0.717, 1.165) is 28.7 Å². The zero-order valence-electron chi connectivity index (χ0n) is 28.5. The first-order chi connectivity index (χ1) is 20.4. The molecular formula is C40H52O4. The largest absolute Gasteiger partial charge is 0.508 e. The van der Waals surface area contributed by atoms with E-state index >= 15 is 0 Å². The van der Waals surface area contributed by atoms with Crippen LogP contribution < -0.4 is 0 Å². The van der Waals surface area contributed by atoms with Crippen LogP contribution in [-0.4, -0.2) is 27.9 Å². The predicted molar refractivity (Wildman–Crippen MR) is 184 cm³/mol. The summed E-state index contributed by atoms with van der Waals surface area (Å²) in [7, 11) is 0. The Hall–Kier alpha value is -3.68. The van der Waals surface area contributed by atoms with Gasteiger partial charge in [0.15, 0.2) is 5.78 Å². The molecule has 0 aromatic rings. The van der Waals surface area contributed by atoms with Crippen LogP contribution in [0.25, 0.3) is 0 Å². The molecule has 4 heteroatoms. The Bertz CT molecular complexity index is 1460. The third-order valence-corrected chi connectivity index (χ3v) is 8.92. The highest BCUT2D eigenvalue weighted by atomic mass is 16.3. The van der Waals surface area contributed by atoms with Gasteiger partial charge < -0.3 is 10.2 Å². The minimum atomic E-state index is -0.803. The molecule has 0 saturated heterocycles. The average molecular weight is 597 g/mol. The topological polar surface area (TPSA) is 74.6 Å². The third kappa shape index (κ3) is 10.2. The lowest BCUT2D eigenvalue weighted by Gasteiger charge is -2.35. The van der Waals surface area contributed by atoms with Gasteiger partial charge in [-0.1, -0.05) is 124 Å². The van der Waals surface area contributed by atoms with Crippen LogP contribution in [0, 0.1) is 28.1 Å². The SMILES string of the molecule is CC1=C(C#C/C(C)=C/C=C/C(C)=C/C=C/C=C(C)/C=C/C=C(C)/C(O)=C/C(=O)[C@@]2(C)CC(=O)CC2(C)C)C(C)(C)C[C@@H](O)C1. The van der Waals surface area contributed by atoms with Gasteiger partial charge in [-0.15, -0.1) is 0 Å². The highest BCUT2D eigenvalue weighted by Gasteiger charge is 2.53. The Labute approximate surface area is 266 Å². The lowest BCUT2D eigenvalue weighted by atomic mass is 9.66. The van der Waals surface area contributed by atoms with Crippen LogP contribution in [0.3, 0.4) is 0 Å². The number of rotatable bonds is 9. The fourth-order valence-corrected chi connectivity index (χ4v) is 5.78. The van der Waals surface area contributed by atoms with Crippen molar-refractivity contribution in [1.29, 1.82) is 0 Å². The van der Waals surface area contributed by atoms with Gasteiger partial charge in [-0.2, -0.15) is 0 Å². The molecule has 2 aliphatic rings. The number of aliphatic hydroxyl groups is 2. The van der Waals surface area contributed by atoms with E-state index < -0.39 is 10.8 Å². The molecule has 236 valence electrons. The zero-order valence-corrected chi connectivity index (χ0v) is 28.5. The summed E-state index contributed by atoms with van der Waals surface area (Å²) < 4.78 is 0. The van der Waals surface area contributed by atoms with E-state index in [2.05, 4.69) is 32.6 Å². The molecular weight excluding hydrogens is 544 g/mol. The summed E-state index contributed by atoms with van der Waals surface area (Å²) in [5, 5.41) is 20.6. The minimum Gasteiger partial charge on any atom is -0.508 e. The third-order valence-electron chi connectivity index (χ3n) is 8.92. The molecule has 1 saturated carbocycles. The van der Waals surface area contributed by atoms with Crippen molar-refractivity contribution in [2.24, 2.45) is 16.2 Å². The quantitative estimate of drug-likeness (QED) is 0.120. The summed E-state index contributed by atoms with van der Waals surface area (Å²) in [6, 6.07) is 0. The Kier molecular flexibility index (Phi) is 12.7. The van der Waals surface area contributed by atoms with Crippen LogP contribution >= 0.6 is 0 Å². The van der Waals surface area contributed by atoms with Crippen molar-refractivity contribution < 1.29 is 19.8 Å². The standard InChI is InChI=1S/C40H52O4/c1-28(17-13-18-30(3)21-22-35-32(5)23-33(41)25-38(35,6)7)15-11-12-16-29(2)19-14-20-31(4)36(43)24-37(44)40(10)27-34(42)26-39(40,8)9/h11-20,24,33,41,43H,23,25-27H2,1-10H3/b12-11+,17-13+,19-14+,28-15+,29-16+,30-18+,31-20+,36-24-/t33-,40+/m0/s1. The van der Waals surface area contributed by atoms with E-state index in [9.17, 15) is 19.8 Å². The molecule has 2 N–H and O–H groups in total. The van der Waals surface area contributed by atoms with Gasteiger partial charge in [-0.3, -0.25) is 9.59 Å². The zero-order chi connectivity index (χ0) is 33.3. The van der Waals surface area contributed by atoms with Gasteiger partial charge in [0, 0.05) is 35.3 Å². The summed E-state index contributed by atoms with van der Waals surface area (Å²) in [4.78, 5) is 25.0. The van der Waals surface area contributed by atoms with E-state index in [4.69, 9.17) is 0 Å². The van der Waals surface area contributed by atoms with Gasteiger partial charge in [0.1, 0.15) is 11.5 Å². The maximum Gasteiger partial charge on any atom is 0.166 e. The number of ketones is 2. The van der Waals surface area contributed by atoms with E-state index in [1.54, 1.807) is 13.0 Å². The molecule has 0 aromatic heterocycles. The van der Waals surface area contributed by atoms with Crippen LogP contribution in [-0.2, 0) is 9.59 Å². The van der Waals surface area contributed by atoms with E-state index in [1.165, 1.54) is 11.6 Å². The molecule has 4 nitrogen and oxygen atoms in total. The molecule has 0 bridgehead atoms. The Balaban J connectivity index is 1.95. The van der Waals surface area contributed by atoms with Crippen molar-refractivity contribution in [1.82, 2.24) is 0 Å². The van der Waals surface area contributed by atoms with Crippen molar-refractivity contribution in [3.05, 3.63) is 106 Å². The van der Waals surface area contributed by atoms with E-state index in [0.29, 0.717) is 18.4 Å². The first kappa shape index (κ1) is 36.5. The van der Waals surface area contributed by atoms with Crippen LogP contribution in [0.5, 0.6) is 0 Å². The summed E-state index contributed by atoms with van der Waals surface area (Å²) >= 11 is 0. The second-order valence-corrected chi connectivity index (χ2v) is 14.0. The second kappa shape index (κ2) is 15.4. The van der Waals surface area contributed by atoms with Gasteiger partial charge >= 0.3 is 0 Å². The fourth-order valence-electron chi connectivity index (χ4n) is 5.78. The van der Waals surface area contributed by atoms with Gasteiger partial charge in [0.05, 0.1) is 6.10 Å². The number of hydrogen-bond donors (Lipinski definition) is 2. The number of hydrogen-bond acceptors (Lipinski definition) is 4. The summed E-state index contributed by atoms with van der Waals surface area (Å²) in [5.74, 6) is 6.43. The summed E-state index contributed by atoms with van der Waals surface area (Å²) in [6.07, 6.45) is 22.6. The molecule has 0 aliphatic heterocycles. The van der Waals surface area contributed by atoms with Crippen LogP contribution in [0.2, 0.25) is 0 Å². The highest BCUT2D eigenvalue weighted by Crippen LogP contribution is 2.51. The number of allylic oxidation sites excluding steroid dienone is 16. The maximum atomic E-state index is 13.0. The van der Waals surface area contributed by atoms with Gasteiger partial charge in [-0.05, 0) is 64.0 Å². The summed E-state index contributed by atoms with van der Waals surface area (Å²) in [5.41, 5.74) is 4.68. The van der Waals surface area contributed by atoms with Crippen molar-refractivity contribution >= 4 is 11.6 Å². The molecule has 1 fully saturated rings. The number of Topliss-reactive ketones (excluding diaryl/α,β-unsaturated/α-hetero) is 1. The number of aliphatic hydroxyl groups excluding tert-OH is 2. The highest BCUT2D eigenvalue weighted by molar-refractivity contribution is 6.01. The van der Waals surface area contributed by atoms with Gasteiger partial charge in [0.2, 0.25) is 0 Å². The molecule has 44 heavy (non-hydrogen) atoms. The normalized spacial score (nSPS) is 25.4. The van der Waals surface area contributed by atoms with Crippen molar-refractivity contribution in [2.75, 3.05) is 0 Å². The number of carbonyl (C=O) groups is 2. The Morgan fingerprint density at radius 2 is 1.43 bits per heavy atom. The number of carbonyl (C=O) groups excluding carboxylic acids is 2. The van der Waals surface area contributed by atoms with Crippen molar-refractivity contribution in [3.8, 4) is 11.8 Å². The van der Waals surface area contributed by atoms with E-state index in [-0.39, 0.29) is 35.3 Å². The first-order valence-corrected chi connectivity index (χ1v) is 15.5. The van der Waals surface area contributed by atoms with Crippen molar-refractivity contribution in [2.45, 2.75) is 101 Å². The van der Waals surface area contributed by atoms with E-state index in [1.807, 2.05) is 96.2 Å². The molecule has 2 rings (SSSR count).